The van der Waals surface area contributed by atoms with E-state index < -0.39 is 23.2 Å². The third-order valence-electron chi connectivity index (χ3n) is 5.12. The fourth-order valence-electron chi connectivity index (χ4n) is 3.65. The molecule has 5 rings (SSSR count). The first-order chi connectivity index (χ1) is 15.0. The van der Waals surface area contributed by atoms with E-state index in [0.717, 1.165) is 6.07 Å². The molecule has 0 aliphatic heterocycles. The van der Waals surface area contributed by atoms with Crippen molar-refractivity contribution in [3.8, 4) is 5.69 Å². The molecule has 2 N–H and O–H groups in total. The molecule has 0 spiro atoms. The number of benzene rings is 2. The van der Waals surface area contributed by atoms with Crippen molar-refractivity contribution in [2.24, 2.45) is 0 Å². The Bertz CT molecular complexity index is 1490. The van der Waals surface area contributed by atoms with Gasteiger partial charge in [-0.3, -0.25) is 9.36 Å². The fraction of sp³-hybridized carbons (Fsp3) is 0.0909. The number of pyridine rings is 1. The molecule has 0 bridgehead atoms. The smallest absolute Gasteiger partial charge is 0.263 e. The zero-order valence-electron chi connectivity index (χ0n) is 16.3. The van der Waals surface area contributed by atoms with Gasteiger partial charge in [0.2, 0.25) is 0 Å². The average Bonchev–Trinajstić information content (AvgIpc) is 3.25. The molecule has 0 saturated heterocycles. The maximum absolute atomic E-state index is 14.7. The average molecular weight is 418 g/mol. The molecule has 31 heavy (non-hydrogen) atoms. The predicted octanol–water partition coefficient (Wildman–Crippen LogP) is 4.11. The molecule has 0 aliphatic rings. The van der Waals surface area contributed by atoms with Gasteiger partial charge in [0.1, 0.15) is 23.5 Å². The lowest BCUT2D eigenvalue weighted by Gasteiger charge is -2.21. The number of anilines is 1. The van der Waals surface area contributed by atoms with Crippen LogP contribution in [0.4, 0.5) is 14.6 Å². The summed E-state index contributed by atoms with van der Waals surface area (Å²) >= 11 is 0. The molecular formula is C22H16F2N6O. The molecule has 2 aromatic carbocycles. The standard InChI is InChI=1S/C22H16F2N6O/c1-12(29-21-19-20(26-10-25-19)27-11-28-21)18-8-13-6-7-14(23)9-15(13)22(31)30(18)17-5-3-2-4-16(17)24/h2-12H,1H3,(H2,25,26,27,28,29). The van der Waals surface area contributed by atoms with Crippen molar-refractivity contribution in [3.05, 3.63) is 88.9 Å². The first-order valence-electron chi connectivity index (χ1n) is 9.53. The second kappa shape index (κ2) is 7.28. The molecule has 154 valence electrons. The van der Waals surface area contributed by atoms with Gasteiger partial charge in [-0.1, -0.05) is 18.2 Å². The molecular weight excluding hydrogens is 402 g/mol. The van der Waals surface area contributed by atoms with Crippen LogP contribution in [0.25, 0.3) is 27.6 Å². The number of hydrogen-bond acceptors (Lipinski definition) is 5. The third kappa shape index (κ3) is 3.20. The van der Waals surface area contributed by atoms with Gasteiger partial charge in [-0.25, -0.2) is 23.7 Å². The van der Waals surface area contributed by atoms with Crippen molar-refractivity contribution in [2.75, 3.05) is 5.32 Å². The van der Waals surface area contributed by atoms with Crippen LogP contribution in [0.2, 0.25) is 0 Å². The highest BCUT2D eigenvalue weighted by molar-refractivity contribution is 5.84. The van der Waals surface area contributed by atoms with Gasteiger partial charge in [-0.15, -0.1) is 0 Å². The number of aromatic nitrogens is 5. The molecule has 0 saturated carbocycles. The van der Waals surface area contributed by atoms with Crippen LogP contribution in [0.1, 0.15) is 18.7 Å². The topological polar surface area (TPSA) is 88.5 Å². The molecule has 7 nitrogen and oxygen atoms in total. The molecule has 0 fully saturated rings. The molecule has 0 radical (unpaired) electrons. The highest BCUT2D eigenvalue weighted by Gasteiger charge is 2.20. The van der Waals surface area contributed by atoms with E-state index in [0.29, 0.717) is 28.1 Å². The van der Waals surface area contributed by atoms with Gasteiger partial charge in [0.05, 0.1) is 23.4 Å². The van der Waals surface area contributed by atoms with E-state index in [1.54, 1.807) is 18.2 Å². The minimum absolute atomic E-state index is 0.0786. The summed E-state index contributed by atoms with van der Waals surface area (Å²) in [4.78, 5) is 28.8. The monoisotopic (exact) mass is 418 g/mol. The van der Waals surface area contributed by atoms with Crippen molar-refractivity contribution >= 4 is 27.8 Å². The zero-order chi connectivity index (χ0) is 21.5. The minimum atomic E-state index is -0.564. The number of para-hydroxylation sites is 1. The van der Waals surface area contributed by atoms with Crippen LogP contribution in [0.15, 0.2) is 66.0 Å². The van der Waals surface area contributed by atoms with Crippen LogP contribution < -0.4 is 10.9 Å². The first kappa shape index (κ1) is 18.9. The van der Waals surface area contributed by atoms with Gasteiger partial charge in [0.25, 0.3) is 5.56 Å². The number of imidazole rings is 1. The summed E-state index contributed by atoms with van der Waals surface area (Å²) in [5, 5.41) is 3.94. The maximum atomic E-state index is 14.7. The predicted molar refractivity (Wildman–Crippen MR) is 113 cm³/mol. The summed E-state index contributed by atoms with van der Waals surface area (Å²) in [6.45, 7) is 1.82. The molecule has 3 heterocycles. The Labute approximate surface area is 174 Å². The summed E-state index contributed by atoms with van der Waals surface area (Å²) in [6, 6.07) is 11.2. The fourth-order valence-corrected chi connectivity index (χ4v) is 3.65. The van der Waals surface area contributed by atoms with Crippen LogP contribution >= 0.6 is 0 Å². The SMILES string of the molecule is CC(Nc1ncnc2[nH]cnc12)c1cc2ccc(F)cc2c(=O)n1-c1ccccc1F. The maximum Gasteiger partial charge on any atom is 0.263 e. The number of aromatic amines is 1. The number of nitrogens with zero attached hydrogens (tertiary/aromatic N) is 4. The Morgan fingerprint density at radius 1 is 1.06 bits per heavy atom. The normalized spacial score (nSPS) is 12.4. The van der Waals surface area contributed by atoms with E-state index in [1.165, 1.54) is 41.5 Å². The first-order valence-corrected chi connectivity index (χ1v) is 9.53. The van der Waals surface area contributed by atoms with Crippen molar-refractivity contribution < 1.29 is 8.78 Å². The van der Waals surface area contributed by atoms with Crippen LogP contribution in [-0.2, 0) is 0 Å². The van der Waals surface area contributed by atoms with Crippen molar-refractivity contribution in [1.29, 1.82) is 0 Å². The third-order valence-corrected chi connectivity index (χ3v) is 5.12. The number of halogens is 2. The molecule has 5 aromatic rings. The summed E-state index contributed by atoms with van der Waals surface area (Å²) in [7, 11) is 0. The van der Waals surface area contributed by atoms with Crippen molar-refractivity contribution in [1.82, 2.24) is 24.5 Å². The molecule has 1 unspecified atom stereocenters. The number of rotatable bonds is 4. The van der Waals surface area contributed by atoms with E-state index in [9.17, 15) is 13.6 Å². The van der Waals surface area contributed by atoms with Crippen molar-refractivity contribution in [3.63, 3.8) is 0 Å². The van der Waals surface area contributed by atoms with E-state index in [2.05, 4.69) is 25.3 Å². The quantitative estimate of drug-likeness (QED) is 0.459. The Morgan fingerprint density at radius 3 is 2.74 bits per heavy atom. The zero-order valence-corrected chi connectivity index (χ0v) is 16.3. The van der Waals surface area contributed by atoms with Crippen LogP contribution in [-0.4, -0.2) is 24.5 Å². The van der Waals surface area contributed by atoms with E-state index in [4.69, 9.17) is 0 Å². The minimum Gasteiger partial charge on any atom is -0.360 e. The number of hydrogen-bond donors (Lipinski definition) is 2. The molecule has 1 atom stereocenters. The lowest BCUT2D eigenvalue weighted by atomic mass is 10.1. The van der Waals surface area contributed by atoms with E-state index in [-0.39, 0.29) is 11.1 Å². The van der Waals surface area contributed by atoms with Crippen LogP contribution in [0.5, 0.6) is 0 Å². The van der Waals surface area contributed by atoms with Crippen LogP contribution in [0.3, 0.4) is 0 Å². The summed E-state index contributed by atoms with van der Waals surface area (Å²) < 4.78 is 29.8. The summed E-state index contributed by atoms with van der Waals surface area (Å²) in [5.74, 6) is -0.637. The van der Waals surface area contributed by atoms with Gasteiger partial charge >= 0.3 is 0 Å². The highest BCUT2D eigenvalue weighted by Crippen LogP contribution is 2.26. The molecule has 9 heteroatoms. The summed E-state index contributed by atoms with van der Waals surface area (Å²) in [6.07, 6.45) is 2.90. The van der Waals surface area contributed by atoms with Gasteiger partial charge < -0.3 is 10.3 Å². The van der Waals surface area contributed by atoms with Gasteiger partial charge in [-0.05, 0) is 42.6 Å². The van der Waals surface area contributed by atoms with E-state index in [1.807, 2.05) is 6.92 Å². The van der Waals surface area contributed by atoms with Gasteiger partial charge in [0.15, 0.2) is 11.5 Å². The summed E-state index contributed by atoms with van der Waals surface area (Å²) in [5.41, 5.74) is 1.15. The lowest BCUT2D eigenvalue weighted by Crippen LogP contribution is -2.26. The van der Waals surface area contributed by atoms with Gasteiger partial charge in [0, 0.05) is 5.69 Å². The lowest BCUT2D eigenvalue weighted by molar-refractivity contribution is 0.610. The largest absolute Gasteiger partial charge is 0.360 e. The van der Waals surface area contributed by atoms with Crippen LogP contribution in [0, 0.1) is 11.6 Å². The number of H-pyrrole nitrogens is 1. The Hall–Kier alpha value is -4.14. The molecule has 0 aliphatic carbocycles. The second-order valence-electron chi connectivity index (χ2n) is 7.08. The van der Waals surface area contributed by atoms with E-state index >= 15 is 0 Å². The Morgan fingerprint density at radius 2 is 1.90 bits per heavy atom. The number of nitrogens with one attached hydrogen (secondary N) is 2. The van der Waals surface area contributed by atoms with Gasteiger partial charge in [-0.2, -0.15) is 0 Å². The molecule has 0 amide bonds. The Balaban J connectivity index is 1.72. The Kier molecular flexibility index (Phi) is 4.43. The molecule has 3 aromatic heterocycles. The highest BCUT2D eigenvalue weighted by atomic mass is 19.1. The number of fused-ring (bicyclic) bond motifs is 2. The second-order valence-corrected chi connectivity index (χ2v) is 7.08. The van der Waals surface area contributed by atoms with Crippen molar-refractivity contribution in [2.45, 2.75) is 13.0 Å².